The zero-order chi connectivity index (χ0) is 26.4. The van der Waals surface area contributed by atoms with Crippen molar-refractivity contribution >= 4 is 22.9 Å². The number of fused-ring (bicyclic) bond motifs is 1. The molecule has 6 rings (SSSR count). The van der Waals surface area contributed by atoms with E-state index in [9.17, 15) is 5.26 Å². The summed E-state index contributed by atoms with van der Waals surface area (Å²) in [5.74, 6) is 1.58. The third-order valence-electron chi connectivity index (χ3n) is 6.60. The third-order valence-corrected chi connectivity index (χ3v) is 6.60. The highest BCUT2D eigenvalue weighted by atomic mass is 16.5. The van der Waals surface area contributed by atoms with Crippen LogP contribution < -0.4 is 4.74 Å². The van der Waals surface area contributed by atoms with E-state index in [0.717, 1.165) is 27.8 Å². The molecule has 0 unspecified atom stereocenters. The summed E-state index contributed by atoms with van der Waals surface area (Å²) >= 11 is 0. The van der Waals surface area contributed by atoms with Crippen LogP contribution in [0.3, 0.4) is 0 Å². The van der Waals surface area contributed by atoms with Gasteiger partial charge < -0.3 is 9.15 Å². The maximum atomic E-state index is 10.2. The van der Waals surface area contributed by atoms with Crippen LogP contribution in [-0.2, 0) is 6.61 Å². The summed E-state index contributed by atoms with van der Waals surface area (Å²) in [4.78, 5) is 4.65. The van der Waals surface area contributed by atoms with Gasteiger partial charge in [-0.25, -0.2) is 4.99 Å². The molecule has 186 valence electrons. The molecule has 1 heterocycles. The lowest BCUT2D eigenvalue weighted by molar-refractivity contribution is 0.307. The Morgan fingerprint density at radius 2 is 1.38 bits per heavy atom. The topological polar surface area (TPSA) is 58.5 Å². The number of ether oxygens (including phenoxy) is 1. The van der Waals surface area contributed by atoms with Crippen LogP contribution in [0.1, 0.15) is 16.7 Å². The zero-order valence-electron chi connectivity index (χ0n) is 21.1. The largest absolute Gasteiger partial charge is 0.488 e. The summed E-state index contributed by atoms with van der Waals surface area (Å²) in [5.41, 5.74) is 4.81. The molecule has 5 aromatic carbocycles. The SMILES string of the molecule is N#Cc1c(N=Cc2ccccc2OCc2cccc3ccccc23)oc(-c2ccccc2)c1-c1ccccc1. The van der Waals surface area contributed by atoms with Crippen LogP contribution in [-0.4, -0.2) is 6.21 Å². The van der Waals surface area contributed by atoms with Gasteiger partial charge in [-0.3, -0.25) is 0 Å². The molecule has 0 amide bonds. The average molecular weight is 505 g/mol. The summed E-state index contributed by atoms with van der Waals surface area (Å²) in [6.45, 7) is 0.423. The Balaban J connectivity index is 1.35. The van der Waals surface area contributed by atoms with E-state index in [1.54, 1.807) is 6.21 Å². The number of hydrogen-bond acceptors (Lipinski definition) is 4. The lowest BCUT2D eigenvalue weighted by Crippen LogP contribution is -1.99. The lowest BCUT2D eigenvalue weighted by atomic mass is 9.98. The van der Waals surface area contributed by atoms with Gasteiger partial charge in [-0.05, 0) is 34.0 Å². The number of hydrogen-bond donors (Lipinski definition) is 0. The first-order chi connectivity index (χ1) is 19.3. The summed E-state index contributed by atoms with van der Waals surface area (Å²) in [7, 11) is 0. The molecule has 0 saturated carbocycles. The number of nitriles is 1. The highest BCUT2D eigenvalue weighted by Gasteiger charge is 2.22. The molecule has 1 aromatic heterocycles. The van der Waals surface area contributed by atoms with Crippen LogP contribution in [0, 0.1) is 11.3 Å². The number of benzene rings is 5. The van der Waals surface area contributed by atoms with Crippen molar-refractivity contribution in [3.63, 3.8) is 0 Å². The minimum atomic E-state index is 0.263. The number of para-hydroxylation sites is 1. The molecule has 0 aliphatic rings. The van der Waals surface area contributed by atoms with E-state index in [4.69, 9.17) is 9.15 Å². The van der Waals surface area contributed by atoms with Gasteiger partial charge in [-0.1, -0.05) is 115 Å². The summed E-state index contributed by atoms with van der Waals surface area (Å²) < 4.78 is 12.5. The second-order valence-corrected chi connectivity index (χ2v) is 9.05. The molecule has 0 atom stereocenters. The summed E-state index contributed by atoms with van der Waals surface area (Å²) in [6.07, 6.45) is 1.70. The van der Waals surface area contributed by atoms with E-state index in [-0.39, 0.29) is 5.88 Å². The van der Waals surface area contributed by atoms with Gasteiger partial charge in [0.25, 0.3) is 0 Å². The van der Waals surface area contributed by atoms with Gasteiger partial charge in [0.1, 0.15) is 29.7 Å². The Hall–Kier alpha value is -5.40. The Kier molecular flexibility index (Phi) is 6.71. The van der Waals surface area contributed by atoms with Crippen molar-refractivity contribution in [2.24, 2.45) is 4.99 Å². The second kappa shape index (κ2) is 10.9. The minimum Gasteiger partial charge on any atom is -0.488 e. The molecule has 6 aromatic rings. The van der Waals surface area contributed by atoms with Gasteiger partial charge >= 0.3 is 0 Å². The Morgan fingerprint density at radius 1 is 0.718 bits per heavy atom. The Bertz CT molecular complexity index is 1810. The van der Waals surface area contributed by atoms with Crippen molar-refractivity contribution in [3.8, 4) is 34.3 Å². The number of furan rings is 1. The van der Waals surface area contributed by atoms with E-state index >= 15 is 0 Å². The predicted octanol–water partition coefficient (Wildman–Crippen LogP) is 8.97. The van der Waals surface area contributed by atoms with E-state index in [1.165, 1.54) is 10.8 Å². The predicted molar refractivity (Wildman–Crippen MR) is 156 cm³/mol. The monoisotopic (exact) mass is 504 g/mol. The van der Waals surface area contributed by atoms with E-state index in [2.05, 4.69) is 35.3 Å². The van der Waals surface area contributed by atoms with Crippen molar-refractivity contribution in [2.75, 3.05) is 0 Å². The minimum absolute atomic E-state index is 0.263. The Labute approximate surface area is 227 Å². The number of nitrogens with zero attached hydrogens (tertiary/aromatic N) is 2. The van der Waals surface area contributed by atoms with Gasteiger partial charge in [-0.2, -0.15) is 5.26 Å². The molecular weight excluding hydrogens is 480 g/mol. The van der Waals surface area contributed by atoms with Gasteiger partial charge in [-0.15, -0.1) is 0 Å². The van der Waals surface area contributed by atoms with Crippen molar-refractivity contribution in [1.82, 2.24) is 0 Å². The number of rotatable bonds is 7. The first-order valence-electron chi connectivity index (χ1n) is 12.7. The van der Waals surface area contributed by atoms with Crippen LogP contribution >= 0.6 is 0 Å². The maximum absolute atomic E-state index is 10.2. The zero-order valence-corrected chi connectivity index (χ0v) is 21.1. The fourth-order valence-electron chi connectivity index (χ4n) is 4.71. The first kappa shape index (κ1) is 24.0. The first-order valence-corrected chi connectivity index (χ1v) is 12.7. The maximum Gasteiger partial charge on any atom is 0.238 e. The van der Waals surface area contributed by atoms with E-state index < -0.39 is 0 Å². The summed E-state index contributed by atoms with van der Waals surface area (Å²) in [5, 5.41) is 12.5. The summed E-state index contributed by atoms with van der Waals surface area (Å²) in [6, 6.07) is 44.2. The third kappa shape index (κ3) is 4.94. The molecule has 4 nitrogen and oxygen atoms in total. The Morgan fingerprint density at radius 3 is 2.18 bits per heavy atom. The molecule has 0 spiro atoms. The average Bonchev–Trinajstić information content (AvgIpc) is 3.39. The van der Waals surface area contributed by atoms with E-state index in [1.807, 2.05) is 103 Å². The van der Waals surface area contributed by atoms with Crippen molar-refractivity contribution in [2.45, 2.75) is 6.61 Å². The normalized spacial score (nSPS) is 11.1. The van der Waals surface area contributed by atoms with Gasteiger partial charge in [0.05, 0.1) is 0 Å². The fraction of sp³-hybridized carbons (Fsp3) is 0.0286. The quantitative estimate of drug-likeness (QED) is 0.204. The molecule has 0 radical (unpaired) electrons. The fourth-order valence-corrected chi connectivity index (χ4v) is 4.71. The molecule has 0 bridgehead atoms. The second-order valence-electron chi connectivity index (χ2n) is 9.05. The lowest BCUT2D eigenvalue weighted by Gasteiger charge is -2.11. The number of aliphatic imine (C=N–C) groups is 1. The molecule has 0 saturated heterocycles. The van der Waals surface area contributed by atoms with Crippen molar-refractivity contribution < 1.29 is 9.15 Å². The van der Waals surface area contributed by atoms with Crippen LogP contribution in [0.5, 0.6) is 5.75 Å². The molecule has 0 aliphatic carbocycles. The standard InChI is InChI=1S/C35H24N2O2/c36-22-31-33(26-13-3-1-4-14-26)34(27-15-5-2-6-16-27)39-35(31)37-23-28-17-8-10-21-32(28)38-24-29-19-11-18-25-12-7-9-20-30(25)29/h1-21,23H,24H2. The molecule has 4 heteroatoms. The highest BCUT2D eigenvalue weighted by molar-refractivity contribution is 5.91. The van der Waals surface area contributed by atoms with Crippen molar-refractivity contribution in [1.29, 1.82) is 5.26 Å². The molecular formula is C35H24N2O2. The van der Waals surface area contributed by atoms with Gasteiger partial charge in [0.2, 0.25) is 5.88 Å². The van der Waals surface area contributed by atoms with Gasteiger partial charge in [0.15, 0.2) is 0 Å². The van der Waals surface area contributed by atoms with Crippen LogP contribution in [0.4, 0.5) is 5.88 Å². The molecule has 0 N–H and O–H groups in total. The van der Waals surface area contributed by atoms with Crippen molar-refractivity contribution in [3.05, 3.63) is 144 Å². The highest BCUT2D eigenvalue weighted by Crippen LogP contribution is 2.42. The van der Waals surface area contributed by atoms with E-state index in [0.29, 0.717) is 23.7 Å². The van der Waals surface area contributed by atoms with Gasteiger partial charge in [0, 0.05) is 22.9 Å². The molecule has 0 aliphatic heterocycles. The van der Waals surface area contributed by atoms with Crippen LogP contribution in [0.2, 0.25) is 0 Å². The molecule has 39 heavy (non-hydrogen) atoms. The molecule has 0 fully saturated rings. The van der Waals surface area contributed by atoms with Crippen LogP contribution in [0.15, 0.2) is 137 Å². The smallest absolute Gasteiger partial charge is 0.238 e. The van der Waals surface area contributed by atoms with Crippen LogP contribution in [0.25, 0.3) is 33.2 Å².